The molecule has 1 aliphatic heterocycles. The minimum absolute atomic E-state index is 0.417. The summed E-state index contributed by atoms with van der Waals surface area (Å²) in [7, 11) is 0. The minimum Gasteiger partial charge on any atom is -0.394 e. The number of rotatable bonds is 5. The van der Waals surface area contributed by atoms with Crippen LogP contribution in [0, 0.1) is 6.92 Å². The first-order valence-electron chi connectivity index (χ1n) is 11.0. The summed E-state index contributed by atoms with van der Waals surface area (Å²) >= 11 is 1.72. The molecule has 0 radical (unpaired) electrons. The van der Waals surface area contributed by atoms with Crippen LogP contribution in [0.5, 0.6) is 0 Å². The minimum atomic E-state index is -1.37. The van der Waals surface area contributed by atoms with Gasteiger partial charge in [0, 0.05) is 4.90 Å². The molecule has 0 spiro atoms. The zero-order valence-electron chi connectivity index (χ0n) is 18.1. The molecular formula is C25H32O5S. The Balaban J connectivity index is 1.75. The fourth-order valence-electron chi connectivity index (χ4n) is 5.01. The number of hydrogen-bond acceptors (Lipinski definition) is 6. The Morgan fingerprint density at radius 3 is 2.29 bits per heavy atom. The standard InChI is InChI=1S/C25H32O5S/c1-14-18-5-3-4-6-19(18)16(11-15-7-9-17(31-2)10-8-15)12-20(14)25-24(29)23(28)22(27)21(13-26)30-25/h7-10,12,21-29H,3-6,11,13H2,1-2H3/t21-,22?,23+,24+,25+/m1/s1. The van der Waals surface area contributed by atoms with Crippen LogP contribution in [-0.4, -0.2) is 57.7 Å². The van der Waals surface area contributed by atoms with Crippen LogP contribution in [0.1, 0.15) is 52.3 Å². The summed E-state index contributed by atoms with van der Waals surface area (Å²) in [5, 5.41) is 40.8. The molecule has 1 aliphatic carbocycles. The smallest absolute Gasteiger partial charge is 0.113 e. The number of aliphatic hydroxyl groups is 4. The van der Waals surface area contributed by atoms with Gasteiger partial charge < -0.3 is 25.2 Å². The Morgan fingerprint density at radius 1 is 0.968 bits per heavy atom. The zero-order valence-corrected chi connectivity index (χ0v) is 18.9. The van der Waals surface area contributed by atoms with Crippen molar-refractivity contribution >= 4 is 11.8 Å². The van der Waals surface area contributed by atoms with Crippen molar-refractivity contribution in [1.29, 1.82) is 0 Å². The predicted molar refractivity (Wildman–Crippen MR) is 122 cm³/mol. The number of fused-ring (bicyclic) bond motifs is 1. The number of ether oxygens (including phenoxy) is 1. The van der Waals surface area contributed by atoms with Crippen molar-refractivity contribution in [3.05, 3.63) is 63.7 Å². The third-order valence-corrected chi connectivity index (χ3v) is 7.57. The zero-order chi connectivity index (χ0) is 22.1. The first-order chi connectivity index (χ1) is 14.9. The highest BCUT2D eigenvalue weighted by atomic mass is 32.2. The summed E-state index contributed by atoms with van der Waals surface area (Å²) in [6.45, 7) is 1.64. The van der Waals surface area contributed by atoms with E-state index in [0.717, 1.165) is 36.8 Å². The lowest BCUT2D eigenvalue weighted by molar-refractivity contribution is -0.231. The summed E-state index contributed by atoms with van der Waals surface area (Å²) < 4.78 is 5.91. The molecule has 2 aliphatic rings. The van der Waals surface area contributed by atoms with Crippen molar-refractivity contribution in [2.45, 2.75) is 74.4 Å². The lowest BCUT2D eigenvalue weighted by atomic mass is 9.79. The van der Waals surface area contributed by atoms with E-state index in [9.17, 15) is 20.4 Å². The monoisotopic (exact) mass is 444 g/mol. The Labute approximate surface area is 188 Å². The molecule has 0 aromatic heterocycles. The predicted octanol–water partition coefficient (Wildman–Crippen LogP) is 2.70. The molecule has 2 aromatic rings. The van der Waals surface area contributed by atoms with Crippen molar-refractivity contribution in [3.8, 4) is 0 Å². The maximum Gasteiger partial charge on any atom is 0.113 e. The van der Waals surface area contributed by atoms with Crippen LogP contribution in [0.25, 0.3) is 0 Å². The Bertz CT molecular complexity index is 911. The molecule has 1 fully saturated rings. The van der Waals surface area contributed by atoms with Crippen LogP contribution in [-0.2, 0) is 24.0 Å². The second-order valence-corrected chi connectivity index (χ2v) is 9.57. The van der Waals surface area contributed by atoms with Crippen LogP contribution < -0.4 is 0 Å². The van der Waals surface area contributed by atoms with Crippen molar-refractivity contribution in [1.82, 2.24) is 0 Å². The van der Waals surface area contributed by atoms with E-state index >= 15 is 0 Å². The molecule has 31 heavy (non-hydrogen) atoms. The van der Waals surface area contributed by atoms with Gasteiger partial charge in [-0.25, -0.2) is 0 Å². The van der Waals surface area contributed by atoms with Gasteiger partial charge in [-0.05, 0) is 90.8 Å². The van der Waals surface area contributed by atoms with Crippen molar-refractivity contribution in [2.24, 2.45) is 0 Å². The highest BCUT2D eigenvalue weighted by Crippen LogP contribution is 2.39. The SMILES string of the molecule is CSc1ccc(Cc2cc([C@@H]3O[C@H](CO)C(O)[C@H](O)[C@@H]3O)c(C)c3c2CCCC3)cc1. The summed E-state index contributed by atoms with van der Waals surface area (Å²) in [6.07, 6.45) is 1.54. The largest absolute Gasteiger partial charge is 0.394 e. The van der Waals surface area contributed by atoms with E-state index in [2.05, 4.69) is 43.5 Å². The van der Waals surface area contributed by atoms with E-state index < -0.39 is 37.1 Å². The van der Waals surface area contributed by atoms with Crippen LogP contribution in [0.4, 0.5) is 0 Å². The second-order valence-electron chi connectivity index (χ2n) is 8.69. The van der Waals surface area contributed by atoms with Gasteiger partial charge in [-0.1, -0.05) is 18.2 Å². The number of thioether (sulfide) groups is 1. The van der Waals surface area contributed by atoms with Gasteiger partial charge in [0.05, 0.1) is 6.61 Å². The summed E-state index contributed by atoms with van der Waals surface area (Å²) in [4.78, 5) is 1.23. The summed E-state index contributed by atoms with van der Waals surface area (Å²) in [5.74, 6) is 0. The van der Waals surface area contributed by atoms with Gasteiger partial charge in [0.15, 0.2) is 0 Å². The van der Waals surface area contributed by atoms with E-state index in [1.54, 1.807) is 11.8 Å². The average Bonchev–Trinajstić information content (AvgIpc) is 2.80. The molecule has 4 rings (SSSR count). The Kier molecular flexibility index (Phi) is 7.06. The van der Waals surface area contributed by atoms with Crippen LogP contribution in [0.15, 0.2) is 35.2 Å². The Hall–Kier alpha value is -1.41. The topological polar surface area (TPSA) is 90.2 Å². The van der Waals surface area contributed by atoms with Gasteiger partial charge in [-0.15, -0.1) is 11.8 Å². The van der Waals surface area contributed by atoms with E-state index in [0.29, 0.717) is 0 Å². The van der Waals surface area contributed by atoms with Crippen molar-refractivity contribution in [2.75, 3.05) is 12.9 Å². The maximum atomic E-state index is 10.7. The molecule has 0 saturated carbocycles. The van der Waals surface area contributed by atoms with Crippen LogP contribution >= 0.6 is 11.8 Å². The van der Waals surface area contributed by atoms with E-state index in [1.807, 2.05) is 0 Å². The van der Waals surface area contributed by atoms with Gasteiger partial charge in [0.2, 0.25) is 0 Å². The third-order valence-electron chi connectivity index (χ3n) is 6.82. The number of hydrogen-bond donors (Lipinski definition) is 4. The second kappa shape index (κ2) is 9.61. The molecule has 168 valence electrons. The van der Waals surface area contributed by atoms with E-state index in [4.69, 9.17) is 4.74 Å². The molecule has 4 N–H and O–H groups in total. The highest BCUT2D eigenvalue weighted by molar-refractivity contribution is 7.98. The summed E-state index contributed by atoms with van der Waals surface area (Å²) in [5.41, 5.74) is 7.09. The van der Waals surface area contributed by atoms with Gasteiger partial charge in [0.1, 0.15) is 30.5 Å². The van der Waals surface area contributed by atoms with Crippen LogP contribution in [0.2, 0.25) is 0 Å². The van der Waals surface area contributed by atoms with Gasteiger partial charge >= 0.3 is 0 Å². The lowest BCUT2D eigenvalue weighted by Crippen LogP contribution is -2.55. The van der Waals surface area contributed by atoms with Gasteiger partial charge in [-0.2, -0.15) is 0 Å². The first-order valence-corrected chi connectivity index (χ1v) is 12.2. The van der Waals surface area contributed by atoms with Crippen LogP contribution in [0.3, 0.4) is 0 Å². The van der Waals surface area contributed by atoms with Crippen molar-refractivity contribution in [3.63, 3.8) is 0 Å². The van der Waals surface area contributed by atoms with E-state index in [1.165, 1.54) is 33.6 Å². The number of benzene rings is 2. The normalized spacial score (nSPS) is 28.4. The molecule has 0 amide bonds. The molecule has 1 saturated heterocycles. The highest BCUT2D eigenvalue weighted by Gasteiger charge is 2.44. The molecule has 5 atom stereocenters. The van der Waals surface area contributed by atoms with Gasteiger partial charge in [-0.3, -0.25) is 0 Å². The molecule has 1 unspecified atom stereocenters. The van der Waals surface area contributed by atoms with E-state index in [-0.39, 0.29) is 0 Å². The molecule has 5 nitrogen and oxygen atoms in total. The maximum absolute atomic E-state index is 10.7. The molecule has 0 bridgehead atoms. The quantitative estimate of drug-likeness (QED) is 0.530. The molecule has 6 heteroatoms. The third kappa shape index (κ3) is 4.42. The Morgan fingerprint density at radius 2 is 1.65 bits per heavy atom. The lowest BCUT2D eigenvalue weighted by Gasteiger charge is -2.41. The summed E-state index contributed by atoms with van der Waals surface area (Å²) in [6, 6.07) is 10.7. The molecule has 2 aromatic carbocycles. The molecule has 1 heterocycles. The molecular weight excluding hydrogens is 412 g/mol. The fourth-order valence-corrected chi connectivity index (χ4v) is 5.41. The fraction of sp³-hybridized carbons (Fsp3) is 0.520. The van der Waals surface area contributed by atoms with Gasteiger partial charge in [0.25, 0.3) is 0 Å². The van der Waals surface area contributed by atoms with Crippen molar-refractivity contribution < 1.29 is 25.2 Å². The first kappa shape index (κ1) is 22.8. The number of aliphatic hydroxyl groups excluding tert-OH is 4. The average molecular weight is 445 g/mol.